The van der Waals surface area contributed by atoms with Crippen LogP contribution in [0, 0.1) is 5.92 Å². The fourth-order valence-corrected chi connectivity index (χ4v) is 2.26. The van der Waals surface area contributed by atoms with Crippen molar-refractivity contribution in [1.29, 1.82) is 0 Å². The smallest absolute Gasteiger partial charge is 0.408 e. The van der Waals surface area contributed by atoms with Gasteiger partial charge in [-0.1, -0.05) is 19.9 Å². The molecule has 0 fully saturated rings. The van der Waals surface area contributed by atoms with E-state index in [1.807, 2.05) is 13.8 Å². The van der Waals surface area contributed by atoms with Crippen molar-refractivity contribution in [2.45, 2.75) is 65.6 Å². The van der Waals surface area contributed by atoms with E-state index in [-0.39, 0.29) is 5.92 Å². The second kappa shape index (κ2) is 9.05. The number of sulfone groups is 1. The normalized spacial score (nSPS) is 15.2. The molecule has 0 aromatic rings. The highest BCUT2D eigenvalue weighted by Gasteiger charge is 2.22. The van der Waals surface area contributed by atoms with Gasteiger partial charge in [-0.3, -0.25) is 4.79 Å². The molecule has 0 aromatic carbocycles. The van der Waals surface area contributed by atoms with Crippen LogP contribution in [0.15, 0.2) is 11.5 Å². The molecule has 0 rings (SSSR count). The Morgan fingerprint density at radius 3 is 2.08 bits per heavy atom. The molecule has 0 aliphatic rings. The fraction of sp³-hybridized carbons (Fsp3) is 0.750. The standard InChI is InChI=1S/C16H30N2O5S/c1-11(2)10-13(8-9-24(7,21)22)18-14(19)12(3)17-15(20)23-16(4,5)6/h8-9,11-13H,10H2,1-7H3,(H,17,20)(H,18,19)/b9-8+/t12-,13+/m0/s1. The molecule has 0 aliphatic heterocycles. The molecule has 7 nitrogen and oxygen atoms in total. The molecule has 8 heteroatoms. The Hall–Kier alpha value is -1.57. The van der Waals surface area contributed by atoms with Gasteiger partial charge in [0, 0.05) is 17.7 Å². The highest BCUT2D eigenvalue weighted by Crippen LogP contribution is 2.08. The summed E-state index contributed by atoms with van der Waals surface area (Å²) in [7, 11) is -3.27. The van der Waals surface area contributed by atoms with E-state index in [9.17, 15) is 18.0 Å². The Morgan fingerprint density at radius 2 is 1.67 bits per heavy atom. The van der Waals surface area contributed by atoms with Crippen LogP contribution in [0.1, 0.15) is 48.0 Å². The Balaban J connectivity index is 4.80. The Labute approximate surface area is 145 Å². The Bertz CT molecular complexity index is 562. The van der Waals surface area contributed by atoms with Crippen molar-refractivity contribution in [1.82, 2.24) is 10.6 Å². The number of ether oxygens (including phenoxy) is 1. The highest BCUT2D eigenvalue weighted by atomic mass is 32.2. The zero-order valence-electron chi connectivity index (χ0n) is 15.5. The van der Waals surface area contributed by atoms with Gasteiger partial charge < -0.3 is 15.4 Å². The number of amides is 2. The summed E-state index contributed by atoms with van der Waals surface area (Å²) in [5, 5.41) is 6.26. The third kappa shape index (κ3) is 11.9. The van der Waals surface area contributed by atoms with E-state index in [1.165, 1.54) is 13.0 Å². The van der Waals surface area contributed by atoms with Crippen molar-refractivity contribution < 1.29 is 22.7 Å². The maximum Gasteiger partial charge on any atom is 0.408 e. The molecular formula is C16H30N2O5S. The fourth-order valence-electron chi connectivity index (χ4n) is 1.79. The van der Waals surface area contributed by atoms with Crippen LogP contribution in [0.4, 0.5) is 4.79 Å². The van der Waals surface area contributed by atoms with E-state index in [0.29, 0.717) is 6.42 Å². The van der Waals surface area contributed by atoms with E-state index in [1.54, 1.807) is 20.8 Å². The van der Waals surface area contributed by atoms with Crippen LogP contribution in [-0.2, 0) is 19.4 Å². The summed E-state index contributed by atoms with van der Waals surface area (Å²) in [6.45, 7) is 10.7. The van der Waals surface area contributed by atoms with Gasteiger partial charge in [0.1, 0.15) is 11.6 Å². The largest absolute Gasteiger partial charge is 0.444 e. The number of carbonyl (C=O) groups excluding carboxylic acids is 2. The van der Waals surface area contributed by atoms with Crippen LogP contribution in [0.5, 0.6) is 0 Å². The van der Waals surface area contributed by atoms with Crippen LogP contribution in [-0.4, -0.2) is 44.4 Å². The van der Waals surface area contributed by atoms with Crippen molar-refractivity contribution >= 4 is 21.8 Å². The molecule has 0 aromatic heterocycles. The maximum absolute atomic E-state index is 12.2. The van der Waals surface area contributed by atoms with Gasteiger partial charge in [0.25, 0.3) is 0 Å². The minimum absolute atomic E-state index is 0.258. The van der Waals surface area contributed by atoms with Gasteiger partial charge in [-0.15, -0.1) is 0 Å². The van der Waals surface area contributed by atoms with Crippen molar-refractivity contribution in [2.75, 3.05) is 6.26 Å². The van der Waals surface area contributed by atoms with E-state index < -0.39 is 39.5 Å². The molecule has 0 unspecified atom stereocenters. The highest BCUT2D eigenvalue weighted by molar-refractivity contribution is 7.93. The number of hydrogen-bond acceptors (Lipinski definition) is 5. The first kappa shape index (κ1) is 22.4. The quantitative estimate of drug-likeness (QED) is 0.721. The zero-order valence-corrected chi connectivity index (χ0v) is 16.4. The lowest BCUT2D eigenvalue weighted by molar-refractivity contribution is -0.123. The van der Waals surface area contributed by atoms with Gasteiger partial charge in [-0.2, -0.15) is 0 Å². The molecule has 0 saturated carbocycles. The lowest BCUT2D eigenvalue weighted by atomic mass is 10.0. The zero-order chi connectivity index (χ0) is 19.1. The van der Waals surface area contributed by atoms with Crippen LogP contribution in [0.25, 0.3) is 0 Å². The van der Waals surface area contributed by atoms with Gasteiger partial charge in [0.2, 0.25) is 5.91 Å². The molecule has 0 radical (unpaired) electrons. The predicted octanol–water partition coefficient (Wildman–Crippen LogP) is 1.99. The maximum atomic E-state index is 12.2. The third-order valence-electron chi connectivity index (χ3n) is 2.74. The topological polar surface area (TPSA) is 102 Å². The first-order valence-corrected chi connectivity index (χ1v) is 9.83. The van der Waals surface area contributed by atoms with Gasteiger partial charge >= 0.3 is 6.09 Å². The number of alkyl carbamates (subject to hydrolysis) is 1. The molecule has 0 spiro atoms. The van der Waals surface area contributed by atoms with E-state index in [2.05, 4.69) is 10.6 Å². The summed E-state index contributed by atoms with van der Waals surface area (Å²) in [5.41, 5.74) is -0.654. The van der Waals surface area contributed by atoms with Crippen LogP contribution in [0.2, 0.25) is 0 Å². The molecule has 0 bridgehead atoms. The third-order valence-corrected chi connectivity index (χ3v) is 3.39. The summed E-state index contributed by atoms with van der Waals surface area (Å²) in [6, 6.07) is -1.24. The van der Waals surface area contributed by atoms with Gasteiger partial charge in [-0.05, 0) is 40.0 Å². The van der Waals surface area contributed by atoms with Crippen molar-refractivity contribution in [2.24, 2.45) is 5.92 Å². The summed E-state index contributed by atoms with van der Waals surface area (Å²) in [6.07, 6.45) is 2.44. The summed E-state index contributed by atoms with van der Waals surface area (Å²) in [5.74, 6) is -0.154. The molecule has 24 heavy (non-hydrogen) atoms. The van der Waals surface area contributed by atoms with Gasteiger partial charge in [-0.25, -0.2) is 13.2 Å². The summed E-state index contributed by atoms with van der Waals surface area (Å²) in [4.78, 5) is 23.9. The minimum Gasteiger partial charge on any atom is -0.444 e. The lowest BCUT2D eigenvalue weighted by Gasteiger charge is -2.23. The molecule has 2 amide bonds. The second-order valence-corrected chi connectivity index (χ2v) is 9.20. The molecule has 2 atom stereocenters. The SMILES string of the molecule is CC(C)C[C@@H](/C=C/S(C)(=O)=O)NC(=O)[C@H](C)NC(=O)OC(C)(C)C. The monoisotopic (exact) mass is 362 g/mol. The molecule has 2 N–H and O–H groups in total. The molecule has 0 saturated heterocycles. The Morgan fingerprint density at radius 1 is 1.12 bits per heavy atom. The number of nitrogens with one attached hydrogen (secondary N) is 2. The van der Waals surface area contributed by atoms with Crippen molar-refractivity contribution in [3.05, 3.63) is 11.5 Å². The Kier molecular flexibility index (Phi) is 8.46. The predicted molar refractivity (Wildman–Crippen MR) is 94.2 cm³/mol. The van der Waals surface area contributed by atoms with E-state index in [0.717, 1.165) is 11.7 Å². The van der Waals surface area contributed by atoms with Crippen molar-refractivity contribution in [3.8, 4) is 0 Å². The lowest BCUT2D eigenvalue weighted by Crippen LogP contribution is -2.49. The number of carbonyl (C=O) groups is 2. The van der Waals surface area contributed by atoms with E-state index in [4.69, 9.17) is 4.74 Å². The minimum atomic E-state index is -3.27. The molecule has 0 aliphatic carbocycles. The molecular weight excluding hydrogens is 332 g/mol. The van der Waals surface area contributed by atoms with Crippen LogP contribution in [0.3, 0.4) is 0 Å². The van der Waals surface area contributed by atoms with Crippen LogP contribution < -0.4 is 10.6 Å². The second-order valence-electron chi connectivity index (χ2n) is 7.27. The first-order valence-electron chi connectivity index (χ1n) is 7.88. The van der Waals surface area contributed by atoms with E-state index >= 15 is 0 Å². The summed E-state index contributed by atoms with van der Waals surface area (Å²) >= 11 is 0. The van der Waals surface area contributed by atoms with Gasteiger partial charge in [0.05, 0.1) is 0 Å². The average molecular weight is 362 g/mol. The molecule has 0 heterocycles. The number of rotatable bonds is 7. The van der Waals surface area contributed by atoms with Crippen molar-refractivity contribution in [3.63, 3.8) is 0 Å². The average Bonchev–Trinajstić information content (AvgIpc) is 2.31. The first-order chi connectivity index (χ1) is 10.7. The summed E-state index contributed by atoms with van der Waals surface area (Å²) < 4.78 is 27.6. The van der Waals surface area contributed by atoms with Crippen LogP contribution >= 0.6 is 0 Å². The number of hydrogen-bond donors (Lipinski definition) is 2. The van der Waals surface area contributed by atoms with Gasteiger partial charge in [0.15, 0.2) is 9.84 Å². The molecule has 140 valence electrons.